The third-order valence-electron chi connectivity index (χ3n) is 1.98. The average Bonchev–Trinajstić information content (AvgIpc) is 2.71. The van der Waals surface area contributed by atoms with E-state index < -0.39 is 5.97 Å². The molecule has 0 amide bonds. The van der Waals surface area contributed by atoms with Gasteiger partial charge in [-0.25, -0.2) is 9.78 Å². The minimum absolute atomic E-state index is 0.197. The van der Waals surface area contributed by atoms with E-state index in [1.54, 1.807) is 29.4 Å². The molecule has 0 fully saturated rings. The maximum Gasteiger partial charge on any atom is 0.335 e. The van der Waals surface area contributed by atoms with Gasteiger partial charge in [-0.05, 0) is 18.2 Å². The summed E-state index contributed by atoms with van der Waals surface area (Å²) in [4.78, 5) is 14.6. The predicted octanol–water partition coefficient (Wildman–Crippen LogP) is 2.22. The Kier molecular flexibility index (Phi) is 2.43. The van der Waals surface area contributed by atoms with Crippen LogP contribution in [-0.4, -0.2) is 20.6 Å². The molecule has 0 aliphatic heterocycles. The monoisotopic (exact) mass is 222 g/mol. The highest BCUT2D eigenvalue weighted by Crippen LogP contribution is 2.21. The zero-order valence-corrected chi connectivity index (χ0v) is 8.35. The minimum Gasteiger partial charge on any atom is -0.478 e. The van der Waals surface area contributed by atoms with Gasteiger partial charge in [0.25, 0.3) is 0 Å². The molecular formula is C10H7ClN2O2. The third-order valence-corrected chi connectivity index (χ3v) is 2.30. The number of nitrogens with zero attached hydrogens (tertiary/aromatic N) is 2. The van der Waals surface area contributed by atoms with Crippen molar-refractivity contribution in [1.82, 2.24) is 9.55 Å². The van der Waals surface area contributed by atoms with Crippen LogP contribution in [0.4, 0.5) is 0 Å². The summed E-state index contributed by atoms with van der Waals surface area (Å²) in [5.41, 5.74) is 0.803. The van der Waals surface area contributed by atoms with Crippen LogP contribution in [0.15, 0.2) is 36.9 Å². The molecule has 15 heavy (non-hydrogen) atoms. The molecular weight excluding hydrogens is 216 g/mol. The zero-order valence-electron chi connectivity index (χ0n) is 7.59. The van der Waals surface area contributed by atoms with Gasteiger partial charge < -0.3 is 9.67 Å². The normalized spacial score (nSPS) is 10.2. The second-order valence-electron chi connectivity index (χ2n) is 2.94. The van der Waals surface area contributed by atoms with E-state index in [0.717, 1.165) is 0 Å². The van der Waals surface area contributed by atoms with Gasteiger partial charge in [-0.1, -0.05) is 11.6 Å². The van der Waals surface area contributed by atoms with Gasteiger partial charge in [0.05, 0.1) is 22.6 Å². The van der Waals surface area contributed by atoms with Crippen molar-refractivity contribution in [3.05, 3.63) is 47.5 Å². The number of benzene rings is 1. The second kappa shape index (κ2) is 3.74. The lowest BCUT2D eigenvalue weighted by Gasteiger charge is -2.05. The van der Waals surface area contributed by atoms with E-state index in [2.05, 4.69) is 4.98 Å². The molecule has 1 aromatic heterocycles. The molecule has 0 aliphatic rings. The van der Waals surface area contributed by atoms with E-state index in [0.29, 0.717) is 10.7 Å². The van der Waals surface area contributed by atoms with E-state index >= 15 is 0 Å². The van der Waals surface area contributed by atoms with Crippen LogP contribution in [0.3, 0.4) is 0 Å². The van der Waals surface area contributed by atoms with Gasteiger partial charge in [-0.2, -0.15) is 0 Å². The lowest BCUT2D eigenvalue weighted by atomic mass is 10.2. The van der Waals surface area contributed by atoms with Crippen molar-refractivity contribution in [1.29, 1.82) is 0 Å². The van der Waals surface area contributed by atoms with Crippen LogP contribution >= 0.6 is 11.6 Å². The van der Waals surface area contributed by atoms with E-state index in [-0.39, 0.29) is 5.56 Å². The van der Waals surface area contributed by atoms with Crippen LogP contribution in [0.25, 0.3) is 5.69 Å². The number of aromatic carboxylic acids is 1. The summed E-state index contributed by atoms with van der Waals surface area (Å²) < 4.78 is 1.66. The first-order valence-electron chi connectivity index (χ1n) is 4.19. The quantitative estimate of drug-likeness (QED) is 0.848. The number of aromatic nitrogens is 2. The van der Waals surface area contributed by atoms with Crippen molar-refractivity contribution < 1.29 is 9.90 Å². The third kappa shape index (κ3) is 1.85. The van der Waals surface area contributed by atoms with Crippen LogP contribution in [0.5, 0.6) is 0 Å². The predicted molar refractivity (Wildman–Crippen MR) is 55.5 cm³/mol. The number of hydrogen-bond donors (Lipinski definition) is 1. The summed E-state index contributed by atoms with van der Waals surface area (Å²) in [6, 6.07) is 4.53. The van der Waals surface area contributed by atoms with Crippen molar-refractivity contribution >= 4 is 17.6 Å². The van der Waals surface area contributed by atoms with Gasteiger partial charge in [-0.15, -0.1) is 0 Å². The molecule has 0 aliphatic carbocycles. The molecule has 2 rings (SSSR count). The second-order valence-corrected chi connectivity index (χ2v) is 3.35. The minimum atomic E-state index is -0.979. The SMILES string of the molecule is O=C(O)c1ccc(Cl)c(-n2ccnc2)c1. The highest BCUT2D eigenvalue weighted by Gasteiger charge is 2.08. The number of carbonyl (C=O) groups is 1. The van der Waals surface area contributed by atoms with Crippen LogP contribution < -0.4 is 0 Å². The molecule has 0 spiro atoms. The summed E-state index contributed by atoms with van der Waals surface area (Å²) in [5.74, 6) is -0.979. The molecule has 1 heterocycles. The van der Waals surface area contributed by atoms with Gasteiger partial charge in [0.2, 0.25) is 0 Å². The topological polar surface area (TPSA) is 55.1 Å². The number of hydrogen-bond acceptors (Lipinski definition) is 2. The van der Waals surface area contributed by atoms with Crippen molar-refractivity contribution in [2.24, 2.45) is 0 Å². The fourth-order valence-corrected chi connectivity index (χ4v) is 1.46. The van der Waals surface area contributed by atoms with E-state index in [1.807, 2.05) is 0 Å². The van der Waals surface area contributed by atoms with Gasteiger partial charge >= 0.3 is 5.97 Å². The molecule has 4 nitrogen and oxygen atoms in total. The Morgan fingerprint density at radius 1 is 1.47 bits per heavy atom. The Labute approximate surface area is 90.8 Å². The number of carboxylic acid groups (broad SMARTS) is 1. The molecule has 0 radical (unpaired) electrons. The van der Waals surface area contributed by atoms with Crippen molar-refractivity contribution in [2.45, 2.75) is 0 Å². The molecule has 0 unspecified atom stereocenters. The van der Waals surface area contributed by atoms with Crippen LogP contribution in [0, 0.1) is 0 Å². The first-order valence-corrected chi connectivity index (χ1v) is 4.57. The number of imidazole rings is 1. The van der Waals surface area contributed by atoms with Gasteiger partial charge in [0.15, 0.2) is 0 Å². The maximum atomic E-state index is 10.8. The van der Waals surface area contributed by atoms with Gasteiger partial charge in [-0.3, -0.25) is 0 Å². The van der Waals surface area contributed by atoms with Crippen molar-refractivity contribution in [2.75, 3.05) is 0 Å². The fourth-order valence-electron chi connectivity index (χ4n) is 1.25. The number of rotatable bonds is 2. The molecule has 0 atom stereocenters. The number of halogens is 1. The molecule has 1 N–H and O–H groups in total. The summed E-state index contributed by atoms with van der Waals surface area (Å²) in [6.45, 7) is 0. The van der Waals surface area contributed by atoms with Crippen molar-refractivity contribution in [3.63, 3.8) is 0 Å². The lowest BCUT2D eigenvalue weighted by molar-refractivity contribution is 0.0697. The largest absolute Gasteiger partial charge is 0.478 e. The smallest absolute Gasteiger partial charge is 0.335 e. The summed E-state index contributed by atoms with van der Waals surface area (Å²) >= 11 is 5.95. The first kappa shape index (κ1) is 9.73. The number of carboxylic acids is 1. The van der Waals surface area contributed by atoms with Gasteiger partial charge in [0.1, 0.15) is 0 Å². The Hall–Kier alpha value is -1.81. The molecule has 2 aromatic rings. The Bertz CT molecular complexity index is 494. The summed E-state index contributed by atoms with van der Waals surface area (Å²) in [5, 5.41) is 9.31. The Morgan fingerprint density at radius 3 is 2.87 bits per heavy atom. The Morgan fingerprint density at radius 2 is 2.27 bits per heavy atom. The zero-order chi connectivity index (χ0) is 10.8. The lowest BCUT2D eigenvalue weighted by Crippen LogP contribution is -1.99. The summed E-state index contributed by atoms with van der Waals surface area (Å²) in [7, 11) is 0. The maximum absolute atomic E-state index is 10.8. The molecule has 1 aromatic carbocycles. The van der Waals surface area contributed by atoms with Crippen molar-refractivity contribution in [3.8, 4) is 5.69 Å². The highest BCUT2D eigenvalue weighted by atomic mass is 35.5. The molecule has 0 bridgehead atoms. The molecule has 0 saturated carbocycles. The van der Waals surface area contributed by atoms with E-state index in [4.69, 9.17) is 16.7 Å². The van der Waals surface area contributed by atoms with Crippen LogP contribution in [0.2, 0.25) is 5.02 Å². The molecule has 0 saturated heterocycles. The standard InChI is InChI=1S/C10H7ClN2O2/c11-8-2-1-7(10(14)15)5-9(8)13-4-3-12-6-13/h1-6H,(H,14,15). The van der Waals surface area contributed by atoms with Crippen LogP contribution in [-0.2, 0) is 0 Å². The van der Waals surface area contributed by atoms with Crippen LogP contribution in [0.1, 0.15) is 10.4 Å². The fraction of sp³-hybridized carbons (Fsp3) is 0. The molecule has 76 valence electrons. The first-order chi connectivity index (χ1) is 7.18. The Balaban J connectivity index is 2.55. The molecule has 5 heteroatoms. The van der Waals surface area contributed by atoms with Gasteiger partial charge in [0, 0.05) is 12.4 Å². The van der Waals surface area contributed by atoms with E-state index in [9.17, 15) is 4.79 Å². The summed E-state index contributed by atoms with van der Waals surface area (Å²) in [6.07, 6.45) is 4.86. The highest BCUT2D eigenvalue weighted by molar-refractivity contribution is 6.32. The van der Waals surface area contributed by atoms with E-state index in [1.165, 1.54) is 12.1 Å². The average molecular weight is 223 g/mol.